The number of rotatable bonds is 10. The number of amides is 1. The zero-order valence-electron chi connectivity index (χ0n) is 14.3. The second kappa shape index (κ2) is 8.97. The minimum Gasteiger partial charge on any atom is -0.342 e. The zero-order chi connectivity index (χ0) is 15.8. The molecule has 22 heavy (non-hydrogen) atoms. The molecule has 0 aliphatic heterocycles. The van der Waals surface area contributed by atoms with Crippen molar-refractivity contribution < 1.29 is 4.79 Å². The first-order chi connectivity index (χ1) is 10.8. The molecule has 1 fully saturated rings. The topological polar surface area (TPSA) is 20.3 Å². The highest BCUT2D eigenvalue weighted by molar-refractivity contribution is 5.83. The predicted molar refractivity (Wildman–Crippen MR) is 92.9 cm³/mol. The molecule has 122 valence electrons. The molecule has 1 amide bonds. The molecule has 0 spiro atoms. The molecule has 1 saturated carbocycles. The first kappa shape index (κ1) is 17.1. The zero-order valence-corrected chi connectivity index (χ0v) is 14.3. The Kier molecular flexibility index (Phi) is 6.95. The Bertz CT molecular complexity index is 432. The van der Waals surface area contributed by atoms with Gasteiger partial charge in [0.15, 0.2) is 0 Å². The molecule has 0 radical (unpaired) electrons. The molecule has 2 nitrogen and oxygen atoms in total. The molecule has 0 aromatic heterocycles. The number of benzene rings is 1. The van der Waals surface area contributed by atoms with Crippen LogP contribution in [0.2, 0.25) is 0 Å². The molecular formula is C20H31NO. The number of hydrogen-bond acceptors (Lipinski definition) is 1. The summed E-state index contributed by atoms with van der Waals surface area (Å²) in [4.78, 5) is 15.0. The molecular weight excluding hydrogens is 270 g/mol. The SMILES string of the molecule is CCCCCN(CCCCC)C(=O)C1CC1c1ccccc1. The molecule has 0 N–H and O–H groups in total. The minimum atomic E-state index is 0.241. The van der Waals surface area contributed by atoms with E-state index in [1.54, 1.807) is 0 Å². The van der Waals surface area contributed by atoms with E-state index in [2.05, 4.69) is 43.0 Å². The third kappa shape index (κ3) is 4.86. The Balaban J connectivity index is 1.88. The van der Waals surface area contributed by atoms with Crippen LogP contribution < -0.4 is 0 Å². The Labute approximate surface area is 135 Å². The fourth-order valence-corrected chi connectivity index (χ4v) is 3.21. The maximum absolute atomic E-state index is 12.8. The van der Waals surface area contributed by atoms with Gasteiger partial charge in [-0.1, -0.05) is 69.9 Å². The lowest BCUT2D eigenvalue weighted by molar-refractivity contribution is -0.132. The van der Waals surface area contributed by atoms with E-state index in [1.165, 1.54) is 31.2 Å². The van der Waals surface area contributed by atoms with Crippen LogP contribution in [0.1, 0.15) is 70.3 Å². The predicted octanol–water partition coefficient (Wildman–Crippen LogP) is 5.00. The highest BCUT2D eigenvalue weighted by Crippen LogP contribution is 2.48. The van der Waals surface area contributed by atoms with E-state index < -0.39 is 0 Å². The Hall–Kier alpha value is -1.31. The van der Waals surface area contributed by atoms with Crippen molar-refractivity contribution in [3.05, 3.63) is 35.9 Å². The molecule has 2 heteroatoms. The highest BCUT2D eigenvalue weighted by Gasteiger charge is 2.45. The maximum Gasteiger partial charge on any atom is 0.226 e. The Morgan fingerprint density at radius 1 is 1.00 bits per heavy atom. The van der Waals surface area contributed by atoms with Crippen LogP contribution in [0.3, 0.4) is 0 Å². The number of hydrogen-bond donors (Lipinski definition) is 0. The summed E-state index contributed by atoms with van der Waals surface area (Å²) in [5, 5.41) is 0. The van der Waals surface area contributed by atoms with Gasteiger partial charge >= 0.3 is 0 Å². The van der Waals surface area contributed by atoms with Crippen molar-refractivity contribution in [1.82, 2.24) is 4.90 Å². The van der Waals surface area contributed by atoms with Crippen LogP contribution in [-0.4, -0.2) is 23.9 Å². The van der Waals surface area contributed by atoms with Gasteiger partial charge in [0.1, 0.15) is 0 Å². The number of unbranched alkanes of at least 4 members (excludes halogenated alkanes) is 4. The van der Waals surface area contributed by atoms with Crippen LogP contribution in [0.15, 0.2) is 30.3 Å². The molecule has 2 atom stereocenters. The quantitative estimate of drug-likeness (QED) is 0.557. The summed E-state index contributed by atoms with van der Waals surface area (Å²) in [5.41, 5.74) is 1.34. The fourth-order valence-electron chi connectivity index (χ4n) is 3.21. The number of carbonyl (C=O) groups is 1. The van der Waals surface area contributed by atoms with Gasteiger partial charge in [-0.05, 0) is 30.7 Å². The van der Waals surface area contributed by atoms with Gasteiger partial charge in [-0.25, -0.2) is 0 Å². The monoisotopic (exact) mass is 301 g/mol. The minimum absolute atomic E-state index is 0.241. The highest BCUT2D eigenvalue weighted by atomic mass is 16.2. The summed E-state index contributed by atoms with van der Waals surface area (Å²) in [6.45, 7) is 6.34. The summed E-state index contributed by atoms with van der Waals surface area (Å²) < 4.78 is 0. The molecule has 2 rings (SSSR count). The summed E-state index contributed by atoms with van der Waals surface area (Å²) in [7, 11) is 0. The van der Waals surface area contributed by atoms with Crippen molar-refractivity contribution in [2.24, 2.45) is 5.92 Å². The van der Waals surface area contributed by atoms with Crippen molar-refractivity contribution >= 4 is 5.91 Å². The fraction of sp³-hybridized carbons (Fsp3) is 0.650. The smallest absolute Gasteiger partial charge is 0.226 e. The van der Waals surface area contributed by atoms with E-state index in [0.717, 1.165) is 32.4 Å². The standard InChI is InChI=1S/C20H31NO/c1-3-5-10-14-21(15-11-6-4-2)20(22)19-16-18(19)17-12-8-7-9-13-17/h7-9,12-13,18-19H,3-6,10-11,14-16H2,1-2H3. The molecule has 0 bridgehead atoms. The van der Waals surface area contributed by atoms with Gasteiger partial charge in [0.05, 0.1) is 0 Å². The van der Waals surface area contributed by atoms with E-state index in [4.69, 9.17) is 0 Å². The summed E-state index contributed by atoms with van der Waals surface area (Å²) in [5.74, 6) is 1.11. The van der Waals surface area contributed by atoms with Crippen LogP contribution in [-0.2, 0) is 4.79 Å². The van der Waals surface area contributed by atoms with Gasteiger partial charge in [-0.15, -0.1) is 0 Å². The normalized spacial score (nSPS) is 19.9. The van der Waals surface area contributed by atoms with E-state index in [9.17, 15) is 4.79 Å². The molecule has 1 aromatic rings. The largest absolute Gasteiger partial charge is 0.342 e. The van der Waals surface area contributed by atoms with Gasteiger partial charge < -0.3 is 4.90 Å². The first-order valence-electron chi connectivity index (χ1n) is 9.11. The van der Waals surface area contributed by atoms with Crippen LogP contribution in [0.5, 0.6) is 0 Å². The van der Waals surface area contributed by atoms with E-state index >= 15 is 0 Å². The van der Waals surface area contributed by atoms with Crippen molar-refractivity contribution in [3.63, 3.8) is 0 Å². The third-order valence-corrected chi connectivity index (χ3v) is 4.71. The average molecular weight is 301 g/mol. The van der Waals surface area contributed by atoms with Crippen LogP contribution >= 0.6 is 0 Å². The van der Waals surface area contributed by atoms with Gasteiger partial charge in [0, 0.05) is 19.0 Å². The lowest BCUT2D eigenvalue weighted by Gasteiger charge is -2.23. The summed E-state index contributed by atoms with van der Waals surface area (Å²) in [6, 6.07) is 10.5. The lowest BCUT2D eigenvalue weighted by Crippen LogP contribution is -2.34. The third-order valence-electron chi connectivity index (χ3n) is 4.71. The Morgan fingerprint density at radius 2 is 1.59 bits per heavy atom. The molecule has 0 heterocycles. The van der Waals surface area contributed by atoms with Gasteiger partial charge in [-0.2, -0.15) is 0 Å². The van der Waals surface area contributed by atoms with Crippen LogP contribution in [0.25, 0.3) is 0 Å². The molecule has 1 aromatic carbocycles. The van der Waals surface area contributed by atoms with E-state index in [1.807, 2.05) is 6.07 Å². The maximum atomic E-state index is 12.8. The second-order valence-electron chi connectivity index (χ2n) is 6.60. The first-order valence-corrected chi connectivity index (χ1v) is 9.11. The van der Waals surface area contributed by atoms with Crippen molar-refractivity contribution in [1.29, 1.82) is 0 Å². The lowest BCUT2D eigenvalue weighted by atomic mass is 10.1. The second-order valence-corrected chi connectivity index (χ2v) is 6.60. The van der Waals surface area contributed by atoms with Crippen molar-refractivity contribution in [2.45, 2.75) is 64.7 Å². The van der Waals surface area contributed by atoms with Gasteiger partial charge in [0.2, 0.25) is 5.91 Å². The molecule has 1 aliphatic carbocycles. The number of carbonyl (C=O) groups excluding carboxylic acids is 1. The number of nitrogens with zero attached hydrogens (tertiary/aromatic N) is 1. The van der Waals surface area contributed by atoms with Crippen molar-refractivity contribution in [2.75, 3.05) is 13.1 Å². The molecule has 2 unspecified atom stereocenters. The van der Waals surface area contributed by atoms with Crippen LogP contribution in [0, 0.1) is 5.92 Å². The van der Waals surface area contributed by atoms with Crippen LogP contribution in [0.4, 0.5) is 0 Å². The van der Waals surface area contributed by atoms with Gasteiger partial charge in [-0.3, -0.25) is 4.79 Å². The molecule has 1 aliphatic rings. The summed E-state index contributed by atoms with van der Waals surface area (Å²) >= 11 is 0. The Morgan fingerprint density at radius 3 is 2.14 bits per heavy atom. The molecule has 0 saturated heterocycles. The average Bonchev–Trinajstić information content (AvgIpc) is 3.34. The van der Waals surface area contributed by atoms with E-state index in [-0.39, 0.29) is 5.92 Å². The summed E-state index contributed by atoms with van der Waals surface area (Å²) in [6.07, 6.45) is 8.23. The van der Waals surface area contributed by atoms with E-state index in [0.29, 0.717) is 11.8 Å². The van der Waals surface area contributed by atoms with Crippen molar-refractivity contribution in [3.8, 4) is 0 Å². The van der Waals surface area contributed by atoms with Gasteiger partial charge in [0.25, 0.3) is 0 Å².